The zero-order valence-electron chi connectivity index (χ0n) is 13.3. The number of carbonyl (C=O) groups excluding carboxylic acids is 1. The first kappa shape index (κ1) is 17.5. The average Bonchev–Trinajstić information content (AvgIpc) is 2.45. The number of nitrogens with zero attached hydrogens (tertiary/aromatic N) is 1. The summed E-state index contributed by atoms with van der Waals surface area (Å²) in [5.74, 6) is 1.33. The van der Waals surface area contributed by atoms with E-state index in [4.69, 9.17) is 10.5 Å². The number of rotatable bonds is 9. The number of benzene rings is 1. The molecular formula is C16H27N3O2. The van der Waals surface area contributed by atoms with Crippen molar-refractivity contribution in [2.45, 2.75) is 20.4 Å². The van der Waals surface area contributed by atoms with Crippen LogP contribution in [0, 0.1) is 5.92 Å². The predicted octanol–water partition coefficient (Wildman–Crippen LogP) is 1.23. The lowest BCUT2D eigenvalue weighted by Crippen LogP contribution is -2.38. The van der Waals surface area contributed by atoms with Crippen LogP contribution in [0.4, 0.5) is 0 Å². The van der Waals surface area contributed by atoms with Gasteiger partial charge in [-0.2, -0.15) is 0 Å². The number of amides is 1. The molecule has 0 spiro atoms. The molecule has 3 N–H and O–H groups in total. The van der Waals surface area contributed by atoms with Crippen LogP contribution in [0.1, 0.15) is 19.4 Å². The van der Waals surface area contributed by atoms with Crippen LogP contribution in [-0.4, -0.2) is 44.1 Å². The van der Waals surface area contributed by atoms with E-state index in [1.165, 1.54) is 0 Å². The second-order valence-electron chi connectivity index (χ2n) is 5.60. The third-order valence-corrected chi connectivity index (χ3v) is 3.04. The number of nitrogens with two attached hydrogens (primary N) is 1. The molecule has 0 aliphatic rings. The van der Waals surface area contributed by atoms with Gasteiger partial charge in [0.2, 0.25) is 5.91 Å². The van der Waals surface area contributed by atoms with E-state index in [0.717, 1.165) is 11.3 Å². The maximum Gasteiger partial charge on any atom is 0.234 e. The number of nitrogens with one attached hydrogen (secondary N) is 1. The summed E-state index contributed by atoms with van der Waals surface area (Å²) in [5, 5.41) is 2.90. The molecule has 0 heterocycles. The Morgan fingerprint density at radius 2 is 2.10 bits per heavy atom. The highest BCUT2D eigenvalue weighted by Crippen LogP contribution is 2.16. The molecule has 1 aromatic rings. The summed E-state index contributed by atoms with van der Waals surface area (Å²) in [4.78, 5) is 13.6. The van der Waals surface area contributed by atoms with E-state index in [2.05, 4.69) is 19.2 Å². The van der Waals surface area contributed by atoms with E-state index < -0.39 is 0 Å². The standard InChI is InChI=1S/C16H27N3O2/c1-13(2)11-18-16(20)12-19(3)8-9-21-15-7-5-4-6-14(15)10-17/h4-7,13H,8-12,17H2,1-3H3,(H,18,20). The molecule has 0 atom stereocenters. The Bertz CT molecular complexity index is 435. The van der Waals surface area contributed by atoms with Crippen molar-refractivity contribution in [1.29, 1.82) is 0 Å². The molecule has 0 saturated heterocycles. The molecule has 0 aliphatic heterocycles. The highest BCUT2D eigenvalue weighted by Gasteiger charge is 2.07. The van der Waals surface area contributed by atoms with Gasteiger partial charge in [-0.15, -0.1) is 0 Å². The van der Waals surface area contributed by atoms with Crippen LogP contribution < -0.4 is 15.8 Å². The molecule has 0 aliphatic carbocycles. The Kier molecular flexibility index (Phi) is 7.79. The minimum Gasteiger partial charge on any atom is -0.492 e. The zero-order chi connectivity index (χ0) is 15.7. The summed E-state index contributed by atoms with van der Waals surface area (Å²) < 4.78 is 5.73. The lowest BCUT2D eigenvalue weighted by Gasteiger charge is -2.18. The number of carbonyl (C=O) groups is 1. The van der Waals surface area contributed by atoms with Gasteiger partial charge in [-0.25, -0.2) is 0 Å². The maximum atomic E-state index is 11.7. The molecule has 0 aromatic heterocycles. The van der Waals surface area contributed by atoms with Crippen molar-refractivity contribution in [2.75, 3.05) is 33.3 Å². The van der Waals surface area contributed by atoms with Crippen LogP contribution >= 0.6 is 0 Å². The number of ether oxygens (including phenoxy) is 1. The highest BCUT2D eigenvalue weighted by atomic mass is 16.5. The first-order valence-corrected chi connectivity index (χ1v) is 7.39. The molecule has 0 saturated carbocycles. The van der Waals surface area contributed by atoms with Crippen LogP contribution in [0.25, 0.3) is 0 Å². The van der Waals surface area contributed by atoms with Gasteiger partial charge in [0.25, 0.3) is 0 Å². The Morgan fingerprint density at radius 3 is 2.76 bits per heavy atom. The zero-order valence-corrected chi connectivity index (χ0v) is 13.3. The van der Waals surface area contributed by atoms with Gasteiger partial charge in [-0.1, -0.05) is 32.0 Å². The van der Waals surface area contributed by atoms with Crippen molar-refractivity contribution in [3.05, 3.63) is 29.8 Å². The topological polar surface area (TPSA) is 67.6 Å². The number of hydrogen-bond acceptors (Lipinski definition) is 4. The number of hydrogen-bond donors (Lipinski definition) is 2. The SMILES string of the molecule is CC(C)CNC(=O)CN(C)CCOc1ccccc1CN. The Labute approximate surface area is 127 Å². The van der Waals surface area contributed by atoms with Crippen molar-refractivity contribution in [1.82, 2.24) is 10.2 Å². The van der Waals surface area contributed by atoms with Crippen molar-refractivity contribution < 1.29 is 9.53 Å². The molecule has 0 radical (unpaired) electrons. The highest BCUT2D eigenvalue weighted by molar-refractivity contribution is 5.77. The molecule has 1 amide bonds. The fourth-order valence-corrected chi connectivity index (χ4v) is 1.82. The van der Waals surface area contributed by atoms with Crippen molar-refractivity contribution in [2.24, 2.45) is 11.7 Å². The predicted molar refractivity (Wildman–Crippen MR) is 85.2 cm³/mol. The molecule has 5 nitrogen and oxygen atoms in total. The number of likely N-dealkylation sites (N-methyl/N-ethyl adjacent to an activating group) is 1. The first-order chi connectivity index (χ1) is 10.0. The van der Waals surface area contributed by atoms with Crippen LogP contribution in [0.5, 0.6) is 5.75 Å². The largest absolute Gasteiger partial charge is 0.492 e. The van der Waals surface area contributed by atoms with Gasteiger partial charge in [-0.3, -0.25) is 9.69 Å². The molecule has 0 unspecified atom stereocenters. The summed E-state index contributed by atoms with van der Waals surface area (Å²) in [6, 6.07) is 7.74. The van der Waals surface area contributed by atoms with Crippen LogP contribution in [-0.2, 0) is 11.3 Å². The normalized spacial score (nSPS) is 11.0. The smallest absolute Gasteiger partial charge is 0.234 e. The number of para-hydroxylation sites is 1. The maximum absolute atomic E-state index is 11.7. The van der Waals surface area contributed by atoms with Crippen molar-refractivity contribution in [3.8, 4) is 5.75 Å². The average molecular weight is 293 g/mol. The Morgan fingerprint density at radius 1 is 1.38 bits per heavy atom. The van der Waals surface area contributed by atoms with E-state index in [9.17, 15) is 4.79 Å². The van der Waals surface area contributed by atoms with Gasteiger partial charge >= 0.3 is 0 Å². The fourth-order valence-electron chi connectivity index (χ4n) is 1.82. The van der Waals surface area contributed by atoms with Gasteiger partial charge in [-0.05, 0) is 19.0 Å². The monoisotopic (exact) mass is 293 g/mol. The second kappa shape index (κ2) is 9.37. The van der Waals surface area contributed by atoms with E-state index in [0.29, 0.717) is 38.7 Å². The molecular weight excluding hydrogens is 266 g/mol. The Balaban J connectivity index is 2.27. The summed E-state index contributed by atoms with van der Waals surface area (Å²) in [7, 11) is 1.91. The minimum atomic E-state index is 0.0496. The molecule has 0 fully saturated rings. The summed E-state index contributed by atoms with van der Waals surface area (Å²) in [5.41, 5.74) is 6.66. The molecule has 0 bridgehead atoms. The van der Waals surface area contributed by atoms with E-state index in [-0.39, 0.29) is 5.91 Å². The van der Waals surface area contributed by atoms with E-state index in [1.54, 1.807) is 0 Å². The fraction of sp³-hybridized carbons (Fsp3) is 0.562. The minimum absolute atomic E-state index is 0.0496. The van der Waals surface area contributed by atoms with Crippen LogP contribution in [0.15, 0.2) is 24.3 Å². The summed E-state index contributed by atoms with van der Waals surface area (Å²) in [6.45, 7) is 6.93. The quantitative estimate of drug-likeness (QED) is 0.718. The third-order valence-electron chi connectivity index (χ3n) is 3.04. The van der Waals surface area contributed by atoms with Gasteiger partial charge in [0.05, 0.1) is 6.54 Å². The van der Waals surface area contributed by atoms with E-state index >= 15 is 0 Å². The van der Waals surface area contributed by atoms with Gasteiger partial charge in [0.1, 0.15) is 12.4 Å². The lowest BCUT2D eigenvalue weighted by molar-refractivity contribution is -0.122. The van der Waals surface area contributed by atoms with Crippen molar-refractivity contribution >= 4 is 5.91 Å². The van der Waals surface area contributed by atoms with Crippen molar-refractivity contribution in [3.63, 3.8) is 0 Å². The molecule has 1 aromatic carbocycles. The third kappa shape index (κ3) is 7.11. The van der Waals surface area contributed by atoms with E-state index in [1.807, 2.05) is 36.2 Å². The second-order valence-corrected chi connectivity index (χ2v) is 5.60. The molecule has 5 heteroatoms. The van der Waals surface area contributed by atoms with Crippen LogP contribution in [0.3, 0.4) is 0 Å². The Hall–Kier alpha value is -1.59. The molecule has 1 rings (SSSR count). The summed E-state index contributed by atoms with van der Waals surface area (Å²) >= 11 is 0. The van der Waals surface area contributed by atoms with Gasteiger partial charge in [0, 0.05) is 25.2 Å². The first-order valence-electron chi connectivity index (χ1n) is 7.39. The van der Waals surface area contributed by atoms with Gasteiger partial charge in [0.15, 0.2) is 0 Å². The van der Waals surface area contributed by atoms with Crippen LogP contribution in [0.2, 0.25) is 0 Å². The van der Waals surface area contributed by atoms with Gasteiger partial charge < -0.3 is 15.8 Å². The lowest BCUT2D eigenvalue weighted by atomic mass is 10.2. The molecule has 21 heavy (non-hydrogen) atoms. The molecule has 118 valence electrons. The summed E-state index contributed by atoms with van der Waals surface area (Å²) in [6.07, 6.45) is 0.